The molecule has 0 atom stereocenters. The third-order valence-corrected chi connectivity index (χ3v) is 9.75. The normalized spacial score (nSPS) is 12.5. The summed E-state index contributed by atoms with van der Waals surface area (Å²) >= 11 is 0. The molecule has 0 aliphatic heterocycles. The van der Waals surface area contributed by atoms with Crippen LogP contribution in [0.5, 0.6) is 23.0 Å². The van der Waals surface area contributed by atoms with E-state index < -0.39 is 63.5 Å². The lowest BCUT2D eigenvalue weighted by molar-refractivity contribution is -0.132. The van der Waals surface area contributed by atoms with Gasteiger partial charge in [-0.3, -0.25) is 23.2 Å². The van der Waals surface area contributed by atoms with Crippen LogP contribution >= 0.6 is 0 Å². The number of hydrogen-bond acceptors (Lipinski definition) is 13. The second-order valence-electron chi connectivity index (χ2n) is 10.2. The van der Waals surface area contributed by atoms with E-state index in [0.717, 1.165) is 18.2 Å². The summed E-state index contributed by atoms with van der Waals surface area (Å²) in [6.45, 7) is 0.411. The summed E-state index contributed by atoms with van der Waals surface area (Å²) in [6, 6.07) is 9.01. The largest absolute Gasteiger partial charge is 0.493 e. The average Bonchev–Trinajstić information content (AvgIpc) is 3.00. The molecule has 5 rings (SSSR count). The Balaban J connectivity index is 1.55. The fraction of sp³-hybridized carbons (Fsp3) is 0.138. The number of carbonyl (C=O) groups excluding carboxylic acids is 2. The molecule has 0 aliphatic rings. The molecule has 1 amide bonds. The SMILES string of the molecule is COc1cc(/C=N\NC(=O)COc2cc(S(=O)(=O)O)c3ccc4c(S(=O)(=O)O)cc(S(=O)(=O)O)c5ccc2c3c54)cc(OC)c1OC(C)=O. The van der Waals surface area contributed by atoms with Crippen LogP contribution in [0.2, 0.25) is 0 Å². The van der Waals surface area contributed by atoms with Gasteiger partial charge in [-0.05, 0) is 24.3 Å². The standard InChI is InChI=1S/C29H24N2O15S3/c1-14(32)46-29-21(43-2)8-15(9-22(29)44-3)12-30-31-26(33)13-45-20-10-23(47(34,35)36)17-6-7-19-25(49(40,41)42)11-24(48(37,38)39)18-5-4-16(20)27(17)28(18)19/h4-12H,13H2,1-3H3,(H,31,33)(H,34,35,36)(H,37,38,39)(H,40,41,42)/b30-12-. The number of nitrogens with zero attached hydrogens (tertiary/aromatic N) is 1. The molecule has 0 heterocycles. The number of rotatable bonds is 11. The van der Waals surface area contributed by atoms with Gasteiger partial charge in [0, 0.05) is 50.9 Å². The topological polar surface area (TPSA) is 259 Å². The van der Waals surface area contributed by atoms with Gasteiger partial charge in [-0.25, -0.2) is 5.43 Å². The Kier molecular flexibility index (Phi) is 9.14. The smallest absolute Gasteiger partial charge is 0.308 e. The highest BCUT2D eigenvalue weighted by Crippen LogP contribution is 2.45. The van der Waals surface area contributed by atoms with Gasteiger partial charge in [0.25, 0.3) is 36.3 Å². The summed E-state index contributed by atoms with van der Waals surface area (Å²) in [5.41, 5.74) is 2.55. The Morgan fingerprint density at radius 1 is 0.714 bits per heavy atom. The van der Waals surface area contributed by atoms with Crippen molar-refractivity contribution in [2.45, 2.75) is 21.6 Å². The lowest BCUT2D eigenvalue weighted by Crippen LogP contribution is -2.24. The molecule has 49 heavy (non-hydrogen) atoms. The highest BCUT2D eigenvalue weighted by atomic mass is 32.2. The molecule has 0 radical (unpaired) electrons. The minimum Gasteiger partial charge on any atom is -0.493 e. The highest BCUT2D eigenvalue weighted by Gasteiger charge is 2.28. The van der Waals surface area contributed by atoms with E-state index in [1.807, 2.05) is 0 Å². The van der Waals surface area contributed by atoms with Crippen LogP contribution in [0, 0.1) is 0 Å². The molecular weight excluding hydrogens is 713 g/mol. The van der Waals surface area contributed by atoms with Crippen LogP contribution in [0.3, 0.4) is 0 Å². The molecule has 0 saturated carbocycles. The summed E-state index contributed by atoms with van der Waals surface area (Å²) in [7, 11) is -12.6. The zero-order valence-corrected chi connectivity index (χ0v) is 27.8. The number of amides is 1. The lowest BCUT2D eigenvalue weighted by atomic mass is 9.93. The first-order chi connectivity index (χ1) is 22.8. The van der Waals surface area contributed by atoms with Crippen molar-refractivity contribution >= 4 is 80.8 Å². The van der Waals surface area contributed by atoms with Crippen LogP contribution in [-0.4, -0.2) is 77.8 Å². The van der Waals surface area contributed by atoms with E-state index >= 15 is 0 Å². The maximum absolute atomic E-state index is 12.7. The average molecular weight is 737 g/mol. The van der Waals surface area contributed by atoms with Gasteiger partial charge in [-0.1, -0.05) is 18.2 Å². The van der Waals surface area contributed by atoms with E-state index in [-0.39, 0.29) is 55.3 Å². The monoisotopic (exact) mass is 736 g/mol. The predicted octanol–water partition coefficient (Wildman–Crippen LogP) is 2.80. The number of ether oxygens (including phenoxy) is 4. The van der Waals surface area contributed by atoms with E-state index in [0.29, 0.717) is 11.6 Å². The Labute approximate surface area is 277 Å². The summed E-state index contributed by atoms with van der Waals surface area (Å²) in [5, 5.41) is 2.83. The molecule has 0 aromatic heterocycles. The van der Waals surface area contributed by atoms with E-state index in [2.05, 4.69) is 10.5 Å². The van der Waals surface area contributed by atoms with E-state index in [9.17, 15) is 48.5 Å². The van der Waals surface area contributed by atoms with Crippen LogP contribution < -0.4 is 24.4 Å². The predicted molar refractivity (Wildman–Crippen MR) is 172 cm³/mol. The van der Waals surface area contributed by atoms with Crippen molar-refractivity contribution in [1.29, 1.82) is 0 Å². The zero-order chi connectivity index (χ0) is 36.1. The molecule has 20 heteroatoms. The summed E-state index contributed by atoms with van der Waals surface area (Å²) in [5.74, 6) is -1.51. The van der Waals surface area contributed by atoms with Crippen molar-refractivity contribution in [3.63, 3.8) is 0 Å². The van der Waals surface area contributed by atoms with Crippen LogP contribution in [0.1, 0.15) is 12.5 Å². The van der Waals surface area contributed by atoms with E-state index in [1.54, 1.807) is 0 Å². The fourth-order valence-electron chi connectivity index (χ4n) is 5.20. The van der Waals surface area contributed by atoms with Crippen molar-refractivity contribution in [3.05, 3.63) is 54.1 Å². The quantitative estimate of drug-likeness (QED) is 0.0380. The second kappa shape index (κ2) is 12.7. The first-order valence-electron chi connectivity index (χ1n) is 13.4. The number of esters is 1. The third-order valence-electron chi connectivity index (χ3n) is 7.07. The molecule has 5 aromatic rings. The molecule has 0 aliphatic carbocycles. The van der Waals surface area contributed by atoms with Gasteiger partial charge in [0.05, 0.1) is 20.4 Å². The Morgan fingerprint density at radius 3 is 1.61 bits per heavy atom. The van der Waals surface area contributed by atoms with Crippen molar-refractivity contribution in [3.8, 4) is 23.0 Å². The van der Waals surface area contributed by atoms with Gasteiger partial charge in [-0.15, -0.1) is 0 Å². The van der Waals surface area contributed by atoms with Crippen molar-refractivity contribution in [2.24, 2.45) is 5.10 Å². The van der Waals surface area contributed by atoms with Crippen LogP contribution in [0.25, 0.3) is 32.3 Å². The minimum absolute atomic E-state index is 0.0214. The molecule has 5 aromatic carbocycles. The molecule has 0 unspecified atom stereocenters. The van der Waals surface area contributed by atoms with Gasteiger partial charge < -0.3 is 18.9 Å². The molecule has 0 bridgehead atoms. The number of benzene rings is 5. The molecule has 0 spiro atoms. The van der Waals surface area contributed by atoms with E-state index in [4.69, 9.17) is 18.9 Å². The fourth-order valence-corrected chi connectivity index (χ4v) is 7.41. The molecule has 17 nitrogen and oxygen atoms in total. The van der Waals surface area contributed by atoms with E-state index in [1.165, 1.54) is 51.6 Å². The zero-order valence-electron chi connectivity index (χ0n) is 25.3. The number of nitrogens with one attached hydrogen (secondary N) is 1. The van der Waals surface area contributed by atoms with Gasteiger partial charge in [0.1, 0.15) is 20.4 Å². The molecule has 258 valence electrons. The number of methoxy groups -OCH3 is 2. The summed E-state index contributed by atoms with van der Waals surface area (Å²) in [4.78, 5) is 21.6. The highest BCUT2D eigenvalue weighted by molar-refractivity contribution is 7.87. The Morgan fingerprint density at radius 2 is 1.16 bits per heavy atom. The summed E-state index contributed by atoms with van der Waals surface area (Å²) in [6.07, 6.45) is 1.20. The minimum atomic E-state index is -5.10. The van der Waals surface area contributed by atoms with Crippen molar-refractivity contribution in [1.82, 2.24) is 5.43 Å². The maximum atomic E-state index is 12.7. The summed E-state index contributed by atoms with van der Waals surface area (Å²) < 4.78 is 125. The second-order valence-corrected chi connectivity index (χ2v) is 14.3. The molecular formula is C29H24N2O15S3. The van der Waals surface area contributed by atoms with Crippen molar-refractivity contribution in [2.75, 3.05) is 20.8 Å². The first kappa shape index (κ1) is 35.2. The van der Waals surface area contributed by atoms with Crippen LogP contribution in [0.4, 0.5) is 0 Å². The number of hydrazone groups is 1. The maximum Gasteiger partial charge on any atom is 0.308 e. The van der Waals surface area contributed by atoms with Gasteiger partial charge in [-0.2, -0.15) is 30.4 Å². The molecule has 0 saturated heterocycles. The number of hydrogen-bond donors (Lipinski definition) is 4. The van der Waals surface area contributed by atoms with Gasteiger partial charge in [0.2, 0.25) is 5.75 Å². The molecule has 0 fully saturated rings. The van der Waals surface area contributed by atoms with Crippen molar-refractivity contribution < 1.29 is 67.4 Å². The lowest BCUT2D eigenvalue weighted by Gasteiger charge is -2.18. The van der Waals surface area contributed by atoms with Gasteiger partial charge >= 0.3 is 5.97 Å². The Bertz CT molecular complexity index is 2470. The molecule has 4 N–H and O–H groups in total. The Hall–Kier alpha value is -5.12. The van der Waals surface area contributed by atoms with Crippen LogP contribution in [0.15, 0.2) is 68.3 Å². The van der Waals surface area contributed by atoms with Gasteiger partial charge in [0.15, 0.2) is 18.1 Å². The first-order valence-corrected chi connectivity index (χ1v) is 17.8. The third kappa shape index (κ3) is 6.90. The van der Waals surface area contributed by atoms with Crippen LogP contribution in [-0.2, 0) is 39.9 Å². The number of carbonyl (C=O) groups is 2.